The van der Waals surface area contributed by atoms with Crippen molar-refractivity contribution in [2.45, 2.75) is 9.79 Å². The molecule has 2 rings (SSSR count). The number of aromatic nitrogens is 1. The third-order valence-electron chi connectivity index (χ3n) is 2.47. The van der Waals surface area contributed by atoms with Gasteiger partial charge in [-0.25, -0.2) is 18.1 Å². The van der Waals surface area contributed by atoms with Gasteiger partial charge in [0.05, 0.1) is 0 Å². The van der Waals surface area contributed by atoms with Gasteiger partial charge in [0.1, 0.15) is 10.0 Å². The molecule has 8 heteroatoms. The summed E-state index contributed by atoms with van der Waals surface area (Å²) in [4.78, 5) is 4.89. The molecule has 0 amide bonds. The summed E-state index contributed by atoms with van der Waals surface area (Å²) in [6, 6.07) is 11.2. The number of halogens is 2. The fourth-order valence-electron chi connectivity index (χ4n) is 1.53. The standard InChI is InChI=1S/C13H12BrClN2O2S2/c14-10-8-12(13(15)16-9-10)21(18,19)17-6-7-20-11-4-2-1-3-5-11/h1-5,8-9,17H,6-7H2. The molecule has 0 saturated heterocycles. The molecule has 0 aliphatic heterocycles. The Morgan fingerprint density at radius 2 is 2.00 bits per heavy atom. The fraction of sp³-hybridized carbons (Fsp3) is 0.154. The number of sulfonamides is 1. The van der Waals surface area contributed by atoms with Crippen LogP contribution in [-0.4, -0.2) is 25.7 Å². The lowest BCUT2D eigenvalue weighted by Crippen LogP contribution is -2.26. The molecule has 0 saturated carbocycles. The van der Waals surface area contributed by atoms with Crippen LogP contribution in [0, 0.1) is 0 Å². The highest BCUT2D eigenvalue weighted by molar-refractivity contribution is 9.10. The molecule has 2 aromatic rings. The number of nitrogens with one attached hydrogen (secondary N) is 1. The van der Waals surface area contributed by atoms with Crippen LogP contribution in [0.1, 0.15) is 0 Å². The van der Waals surface area contributed by atoms with Gasteiger partial charge in [0.2, 0.25) is 10.0 Å². The van der Waals surface area contributed by atoms with Crippen molar-refractivity contribution in [3.8, 4) is 0 Å². The van der Waals surface area contributed by atoms with Crippen molar-refractivity contribution in [1.82, 2.24) is 9.71 Å². The maximum atomic E-state index is 12.2. The van der Waals surface area contributed by atoms with Gasteiger partial charge in [-0.1, -0.05) is 29.8 Å². The molecule has 0 bridgehead atoms. The third-order valence-corrected chi connectivity index (χ3v) is 5.80. The van der Waals surface area contributed by atoms with Crippen LogP contribution in [-0.2, 0) is 10.0 Å². The van der Waals surface area contributed by atoms with Crippen LogP contribution >= 0.6 is 39.3 Å². The summed E-state index contributed by atoms with van der Waals surface area (Å²) in [5, 5.41) is -0.0404. The molecule has 0 atom stereocenters. The van der Waals surface area contributed by atoms with Crippen LogP contribution < -0.4 is 4.72 Å². The first-order valence-corrected chi connectivity index (χ1v) is 9.61. The number of benzene rings is 1. The molecule has 1 aromatic carbocycles. The molecule has 0 spiro atoms. The molecular weight excluding hydrogens is 396 g/mol. The van der Waals surface area contributed by atoms with Gasteiger partial charge in [-0.05, 0) is 34.1 Å². The summed E-state index contributed by atoms with van der Waals surface area (Å²) < 4.78 is 27.4. The SMILES string of the molecule is O=S(=O)(NCCSc1ccccc1)c1cc(Br)cnc1Cl. The molecule has 0 fully saturated rings. The summed E-state index contributed by atoms with van der Waals surface area (Å²) in [6.07, 6.45) is 1.45. The van der Waals surface area contributed by atoms with Crippen LogP contribution in [0.5, 0.6) is 0 Å². The minimum Gasteiger partial charge on any atom is -0.242 e. The van der Waals surface area contributed by atoms with Gasteiger partial charge in [0.25, 0.3) is 0 Å². The van der Waals surface area contributed by atoms with E-state index < -0.39 is 10.0 Å². The average Bonchev–Trinajstić information content (AvgIpc) is 2.47. The van der Waals surface area contributed by atoms with E-state index in [0.717, 1.165) is 4.90 Å². The summed E-state index contributed by atoms with van der Waals surface area (Å²) in [6.45, 7) is 0.310. The van der Waals surface area contributed by atoms with Crippen molar-refractivity contribution in [3.63, 3.8) is 0 Å². The summed E-state index contributed by atoms with van der Waals surface area (Å²) in [7, 11) is -3.66. The normalized spacial score (nSPS) is 11.5. The van der Waals surface area contributed by atoms with Gasteiger partial charge in [0.15, 0.2) is 0 Å². The van der Waals surface area contributed by atoms with Crippen LogP contribution in [0.4, 0.5) is 0 Å². The molecule has 21 heavy (non-hydrogen) atoms. The lowest BCUT2D eigenvalue weighted by Gasteiger charge is -2.08. The first kappa shape index (κ1) is 16.8. The zero-order valence-corrected chi connectivity index (χ0v) is 14.8. The van der Waals surface area contributed by atoms with E-state index in [2.05, 4.69) is 25.6 Å². The summed E-state index contributed by atoms with van der Waals surface area (Å²) >= 11 is 10.6. The molecule has 1 heterocycles. The highest BCUT2D eigenvalue weighted by Gasteiger charge is 2.18. The minimum absolute atomic E-state index is 0.0248. The van der Waals surface area contributed by atoms with Gasteiger partial charge in [-0.3, -0.25) is 0 Å². The van der Waals surface area contributed by atoms with Crippen molar-refractivity contribution in [1.29, 1.82) is 0 Å². The van der Waals surface area contributed by atoms with E-state index in [9.17, 15) is 8.42 Å². The quantitative estimate of drug-likeness (QED) is 0.452. The Morgan fingerprint density at radius 3 is 2.71 bits per heavy atom. The fourth-order valence-corrected chi connectivity index (χ4v) is 4.42. The minimum atomic E-state index is -3.66. The second-order valence-electron chi connectivity index (χ2n) is 4.00. The van der Waals surface area contributed by atoms with E-state index >= 15 is 0 Å². The maximum Gasteiger partial charge on any atom is 0.243 e. The number of hydrogen-bond acceptors (Lipinski definition) is 4. The number of pyridine rings is 1. The number of hydrogen-bond donors (Lipinski definition) is 1. The van der Waals surface area contributed by atoms with Crippen molar-refractivity contribution >= 4 is 49.3 Å². The maximum absolute atomic E-state index is 12.2. The lowest BCUT2D eigenvalue weighted by molar-refractivity contribution is 0.584. The van der Waals surface area contributed by atoms with E-state index in [1.165, 1.54) is 12.3 Å². The molecule has 1 aromatic heterocycles. The molecule has 0 radical (unpaired) electrons. The van der Waals surface area contributed by atoms with E-state index in [1.807, 2.05) is 30.3 Å². The Bertz CT molecular complexity index is 711. The van der Waals surface area contributed by atoms with Crippen molar-refractivity contribution in [3.05, 3.63) is 52.2 Å². The van der Waals surface area contributed by atoms with E-state index in [-0.39, 0.29) is 10.0 Å². The molecule has 0 aliphatic rings. The summed E-state index contributed by atoms with van der Waals surface area (Å²) in [5.74, 6) is 0.627. The molecule has 4 nitrogen and oxygen atoms in total. The topological polar surface area (TPSA) is 59.1 Å². The van der Waals surface area contributed by atoms with Crippen LogP contribution in [0.15, 0.2) is 56.9 Å². The summed E-state index contributed by atoms with van der Waals surface area (Å²) in [5.41, 5.74) is 0. The highest BCUT2D eigenvalue weighted by Crippen LogP contribution is 2.22. The van der Waals surface area contributed by atoms with Gasteiger partial charge in [-0.2, -0.15) is 0 Å². The Labute approximate surface area is 141 Å². The number of thioether (sulfide) groups is 1. The van der Waals surface area contributed by atoms with Crippen LogP contribution in [0.2, 0.25) is 5.15 Å². The predicted molar refractivity (Wildman–Crippen MR) is 89.3 cm³/mol. The van der Waals surface area contributed by atoms with Gasteiger partial charge in [0, 0.05) is 27.9 Å². The zero-order chi connectivity index (χ0) is 15.3. The first-order valence-electron chi connectivity index (χ1n) is 5.97. The van der Waals surface area contributed by atoms with Crippen LogP contribution in [0.25, 0.3) is 0 Å². The van der Waals surface area contributed by atoms with Crippen molar-refractivity contribution in [2.24, 2.45) is 0 Å². The molecular formula is C13H12BrClN2O2S2. The molecule has 0 aliphatic carbocycles. The lowest BCUT2D eigenvalue weighted by atomic mass is 10.4. The molecule has 112 valence electrons. The van der Waals surface area contributed by atoms with Crippen molar-refractivity contribution in [2.75, 3.05) is 12.3 Å². The van der Waals surface area contributed by atoms with Crippen LogP contribution in [0.3, 0.4) is 0 Å². The highest BCUT2D eigenvalue weighted by atomic mass is 79.9. The van der Waals surface area contributed by atoms with E-state index in [4.69, 9.17) is 11.6 Å². The number of rotatable bonds is 6. The largest absolute Gasteiger partial charge is 0.243 e. The third kappa shape index (κ3) is 4.96. The second kappa shape index (κ2) is 7.60. The Morgan fingerprint density at radius 1 is 1.29 bits per heavy atom. The van der Waals surface area contributed by atoms with Gasteiger partial charge < -0.3 is 0 Å². The predicted octanol–water partition coefficient (Wildman–Crippen LogP) is 3.57. The Kier molecular flexibility index (Phi) is 6.07. The molecule has 1 N–H and O–H groups in total. The average molecular weight is 408 g/mol. The smallest absolute Gasteiger partial charge is 0.242 e. The monoisotopic (exact) mass is 406 g/mol. The molecule has 0 unspecified atom stereocenters. The first-order chi connectivity index (χ1) is 9.99. The second-order valence-corrected chi connectivity index (χ2v) is 8.18. The number of nitrogens with zero attached hydrogens (tertiary/aromatic N) is 1. The van der Waals surface area contributed by atoms with Crippen molar-refractivity contribution < 1.29 is 8.42 Å². The zero-order valence-electron chi connectivity index (χ0n) is 10.8. The van der Waals surface area contributed by atoms with Gasteiger partial charge >= 0.3 is 0 Å². The van der Waals surface area contributed by atoms with Gasteiger partial charge in [-0.15, -0.1) is 11.8 Å². The Hall–Kier alpha value is -0.600. The Balaban J connectivity index is 1.94. The van der Waals surface area contributed by atoms with E-state index in [1.54, 1.807) is 11.8 Å². The van der Waals surface area contributed by atoms with E-state index in [0.29, 0.717) is 16.8 Å².